The summed E-state index contributed by atoms with van der Waals surface area (Å²) in [6.45, 7) is 5.44. The van der Waals surface area contributed by atoms with Gasteiger partial charge >= 0.3 is 12.1 Å². The number of benzene rings is 2. The summed E-state index contributed by atoms with van der Waals surface area (Å²) in [6.07, 6.45) is 1.15. The van der Waals surface area contributed by atoms with E-state index in [4.69, 9.17) is 9.84 Å². The van der Waals surface area contributed by atoms with Crippen LogP contribution in [0.3, 0.4) is 0 Å². The number of amides is 2. The molecule has 1 aliphatic rings. The van der Waals surface area contributed by atoms with E-state index in [0.29, 0.717) is 6.42 Å². The fourth-order valence-corrected chi connectivity index (χ4v) is 4.30. The molecule has 0 saturated heterocycles. The minimum Gasteiger partial charge on any atom is -0.481 e. The van der Waals surface area contributed by atoms with Crippen molar-refractivity contribution in [3.8, 4) is 11.1 Å². The first-order valence-corrected chi connectivity index (χ1v) is 11.4. The maximum absolute atomic E-state index is 12.8. The van der Waals surface area contributed by atoms with Gasteiger partial charge in [0.15, 0.2) is 0 Å². The summed E-state index contributed by atoms with van der Waals surface area (Å²) in [5, 5.41) is 14.5. The fraction of sp³-hybridized carbons (Fsp3) is 0.423. The number of carbonyl (C=O) groups excluding carboxylic acids is 2. The largest absolute Gasteiger partial charge is 0.481 e. The van der Waals surface area contributed by atoms with Gasteiger partial charge in [-0.15, -0.1) is 0 Å². The second-order valence-electron chi connectivity index (χ2n) is 9.11. The Morgan fingerprint density at radius 2 is 1.61 bits per heavy atom. The predicted molar refractivity (Wildman–Crippen MR) is 126 cm³/mol. The van der Waals surface area contributed by atoms with Crippen LogP contribution in [-0.2, 0) is 14.3 Å². The van der Waals surface area contributed by atoms with Gasteiger partial charge in [0, 0.05) is 11.5 Å². The molecule has 7 nitrogen and oxygen atoms in total. The highest BCUT2D eigenvalue weighted by Crippen LogP contribution is 2.44. The number of carbonyl (C=O) groups is 3. The Kier molecular flexibility index (Phi) is 7.74. The van der Waals surface area contributed by atoms with E-state index < -0.39 is 29.6 Å². The minimum absolute atomic E-state index is 0.0689. The Bertz CT molecular complexity index is 972. The van der Waals surface area contributed by atoms with Gasteiger partial charge in [-0.3, -0.25) is 9.59 Å². The molecule has 0 fully saturated rings. The molecule has 1 unspecified atom stereocenters. The van der Waals surface area contributed by atoms with Crippen molar-refractivity contribution < 1.29 is 24.2 Å². The fourth-order valence-electron chi connectivity index (χ4n) is 4.30. The van der Waals surface area contributed by atoms with Crippen LogP contribution in [-0.4, -0.2) is 41.3 Å². The van der Waals surface area contributed by atoms with Crippen LogP contribution in [0.1, 0.15) is 63.5 Å². The molecule has 1 aliphatic carbocycles. The van der Waals surface area contributed by atoms with E-state index in [2.05, 4.69) is 22.8 Å². The lowest BCUT2D eigenvalue weighted by atomic mass is 9.98. The zero-order valence-corrected chi connectivity index (χ0v) is 19.4. The molecular weight excluding hydrogens is 420 g/mol. The molecule has 0 aromatic heterocycles. The highest BCUT2D eigenvalue weighted by Gasteiger charge is 2.31. The molecule has 2 amide bonds. The number of carboxylic acids is 1. The van der Waals surface area contributed by atoms with Gasteiger partial charge in [-0.25, -0.2) is 4.79 Å². The first kappa shape index (κ1) is 24.3. The van der Waals surface area contributed by atoms with Crippen molar-refractivity contribution in [1.82, 2.24) is 10.6 Å². The number of ether oxygens (including phenoxy) is 1. The molecule has 3 rings (SSSR count). The molecule has 7 heteroatoms. The molecule has 2 aromatic carbocycles. The maximum Gasteiger partial charge on any atom is 0.407 e. The SMILES string of the molecule is CCCCC(NC(=O)OCC1c2ccccc2-c2ccccc21)C(=O)NC(C)(C)CC(=O)O. The number of nitrogens with one attached hydrogen (secondary N) is 2. The van der Waals surface area contributed by atoms with Crippen molar-refractivity contribution in [2.24, 2.45) is 0 Å². The van der Waals surface area contributed by atoms with E-state index in [1.807, 2.05) is 43.3 Å². The first-order valence-electron chi connectivity index (χ1n) is 11.4. The topological polar surface area (TPSA) is 105 Å². The lowest BCUT2D eigenvalue weighted by Gasteiger charge is -2.27. The molecule has 176 valence electrons. The number of carboxylic acid groups (broad SMARTS) is 1. The summed E-state index contributed by atoms with van der Waals surface area (Å²) in [5.41, 5.74) is 3.58. The summed E-state index contributed by atoms with van der Waals surface area (Å²) < 4.78 is 5.57. The summed E-state index contributed by atoms with van der Waals surface area (Å²) in [6, 6.07) is 15.4. The van der Waals surface area contributed by atoms with Crippen LogP contribution in [0.2, 0.25) is 0 Å². The van der Waals surface area contributed by atoms with Crippen LogP contribution in [0.15, 0.2) is 48.5 Å². The number of alkyl carbamates (subject to hydrolysis) is 1. The highest BCUT2D eigenvalue weighted by molar-refractivity contribution is 5.86. The van der Waals surface area contributed by atoms with Crippen LogP contribution >= 0.6 is 0 Å². The van der Waals surface area contributed by atoms with Crippen LogP contribution in [0, 0.1) is 0 Å². The highest BCUT2D eigenvalue weighted by atomic mass is 16.5. The van der Waals surface area contributed by atoms with Gasteiger partial charge < -0.3 is 20.5 Å². The Balaban J connectivity index is 1.65. The molecule has 0 radical (unpaired) electrons. The smallest absolute Gasteiger partial charge is 0.407 e. The predicted octanol–water partition coefficient (Wildman–Crippen LogP) is 4.45. The van der Waals surface area contributed by atoms with Gasteiger partial charge in [0.1, 0.15) is 12.6 Å². The lowest BCUT2D eigenvalue weighted by molar-refractivity contribution is -0.138. The zero-order valence-electron chi connectivity index (χ0n) is 19.4. The molecule has 0 spiro atoms. The minimum atomic E-state index is -1.00. The van der Waals surface area contributed by atoms with Crippen LogP contribution < -0.4 is 10.6 Å². The number of fused-ring (bicyclic) bond motifs is 3. The third kappa shape index (κ3) is 6.12. The molecule has 1 atom stereocenters. The normalized spacial score (nSPS) is 13.5. The zero-order chi connectivity index (χ0) is 24.0. The summed E-state index contributed by atoms with van der Waals surface area (Å²) in [4.78, 5) is 36.5. The van der Waals surface area contributed by atoms with E-state index in [1.165, 1.54) is 0 Å². The van der Waals surface area contributed by atoms with Crippen molar-refractivity contribution in [3.05, 3.63) is 59.7 Å². The average Bonchev–Trinajstić information content (AvgIpc) is 3.07. The monoisotopic (exact) mass is 452 g/mol. The molecule has 3 N–H and O–H groups in total. The van der Waals surface area contributed by atoms with E-state index in [0.717, 1.165) is 35.1 Å². The summed E-state index contributed by atoms with van der Waals surface area (Å²) in [7, 11) is 0. The number of hydrogen-bond acceptors (Lipinski definition) is 4. The molecule has 0 heterocycles. The Labute approximate surface area is 194 Å². The van der Waals surface area contributed by atoms with Gasteiger partial charge in [0.2, 0.25) is 5.91 Å². The van der Waals surface area contributed by atoms with E-state index in [1.54, 1.807) is 13.8 Å². The number of hydrogen-bond donors (Lipinski definition) is 3. The quantitative estimate of drug-likeness (QED) is 0.494. The number of rotatable bonds is 10. The van der Waals surface area contributed by atoms with E-state index >= 15 is 0 Å². The van der Waals surface area contributed by atoms with Gasteiger partial charge in [-0.2, -0.15) is 0 Å². The van der Waals surface area contributed by atoms with Crippen molar-refractivity contribution in [2.45, 2.75) is 64.0 Å². The second-order valence-corrected chi connectivity index (χ2v) is 9.11. The number of aliphatic carboxylic acids is 1. The standard InChI is InChI=1S/C26H32N2O5/c1-4-5-14-22(24(31)28-26(2,3)15-23(29)30)27-25(32)33-16-21-19-12-8-6-10-17(19)18-11-7-9-13-20(18)21/h6-13,21-22H,4-5,14-16H2,1-3H3,(H,27,32)(H,28,31)(H,29,30). The molecule has 0 aliphatic heterocycles. The Hall–Kier alpha value is -3.35. The van der Waals surface area contributed by atoms with Gasteiger partial charge in [0.05, 0.1) is 6.42 Å². The van der Waals surface area contributed by atoms with Crippen molar-refractivity contribution in [3.63, 3.8) is 0 Å². The average molecular weight is 453 g/mol. The maximum atomic E-state index is 12.8. The van der Waals surface area contributed by atoms with Crippen LogP contribution in [0.4, 0.5) is 4.79 Å². The van der Waals surface area contributed by atoms with Crippen molar-refractivity contribution in [1.29, 1.82) is 0 Å². The lowest BCUT2D eigenvalue weighted by Crippen LogP contribution is -2.54. The van der Waals surface area contributed by atoms with Crippen LogP contribution in [0.25, 0.3) is 11.1 Å². The van der Waals surface area contributed by atoms with E-state index in [9.17, 15) is 14.4 Å². The third-order valence-electron chi connectivity index (χ3n) is 5.85. The third-order valence-corrected chi connectivity index (χ3v) is 5.85. The second kappa shape index (κ2) is 10.5. The molecule has 2 aromatic rings. The van der Waals surface area contributed by atoms with Crippen molar-refractivity contribution >= 4 is 18.0 Å². The number of unbranched alkanes of at least 4 members (excludes halogenated alkanes) is 1. The Morgan fingerprint density at radius 1 is 1.03 bits per heavy atom. The van der Waals surface area contributed by atoms with Gasteiger partial charge in [-0.1, -0.05) is 68.3 Å². The van der Waals surface area contributed by atoms with E-state index in [-0.39, 0.29) is 18.9 Å². The molecule has 0 saturated carbocycles. The summed E-state index contributed by atoms with van der Waals surface area (Å²) >= 11 is 0. The molecule has 33 heavy (non-hydrogen) atoms. The first-order chi connectivity index (χ1) is 15.7. The Morgan fingerprint density at radius 3 is 2.15 bits per heavy atom. The molecular formula is C26H32N2O5. The van der Waals surface area contributed by atoms with Crippen molar-refractivity contribution in [2.75, 3.05) is 6.61 Å². The van der Waals surface area contributed by atoms with Gasteiger partial charge in [0.25, 0.3) is 0 Å². The van der Waals surface area contributed by atoms with Crippen LogP contribution in [0.5, 0.6) is 0 Å². The summed E-state index contributed by atoms with van der Waals surface area (Å²) in [5.74, 6) is -1.49. The molecule has 0 bridgehead atoms. The van der Waals surface area contributed by atoms with Gasteiger partial charge in [-0.05, 0) is 42.5 Å².